The van der Waals surface area contributed by atoms with Crippen LogP contribution >= 0.6 is 0 Å². The molecule has 0 unspecified atom stereocenters. The highest BCUT2D eigenvalue weighted by molar-refractivity contribution is 6.05. The molecule has 23 heavy (non-hydrogen) atoms. The fraction of sp³-hybridized carbons (Fsp3) is 0.111. The van der Waals surface area contributed by atoms with E-state index in [1.54, 1.807) is 13.4 Å². The monoisotopic (exact) mass is 305 g/mol. The summed E-state index contributed by atoms with van der Waals surface area (Å²) in [5.41, 5.74) is 3.46. The maximum Gasteiger partial charge on any atom is 0.196 e. The van der Waals surface area contributed by atoms with Crippen molar-refractivity contribution in [3.63, 3.8) is 0 Å². The number of fused-ring (bicyclic) bond motifs is 3. The lowest BCUT2D eigenvalue weighted by Crippen LogP contribution is -2.02. The molecule has 0 amide bonds. The molecule has 0 atom stereocenters. The van der Waals surface area contributed by atoms with Gasteiger partial charge in [-0.15, -0.1) is 0 Å². The first-order valence-electron chi connectivity index (χ1n) is 7.34. The molecule has 2 aromatic heterocycles. The molecule has 0 aliphatic rings. The van der Waals surface area contributed by atoms with E-state index in [0.717, 1.165) is 27.8 Å². The summed E-state index contributed by atoms with van der Waals surface area (Å²) in [6.07, 6.45) is 1.56. The maximum absolute atomic E-state index is 5.90. The summed E-state index contributed by atoms with van der Waals surface area (Å²) in [7, 11) is 1.66. The molecule has 0 fully saturated rings. The van der Waals surface area contributed by atoms with Crippen LogP contribution in [0, 0.1) is 0 Å². The third-order valence-corrected chi connectivity index (χ3v) is 3.78. The van der Waals surface area contributed by atoms with E-state index in [4.69, 9.17) is 9.15 Å². The first-order valence-corrected chi connectivity index (χ1v) is 7.34. The molecule has 5 heteroatoms. The Bertz CT molecular complexity index is 961. The molecule has 0 aliphatic carbocycles. The van der Waals surface area contributed by atoms with E-state index in [2.05, 4.69) is 15.3 Å². The topological polar surface area (TPSA) is 60.2 Å². The van der Waals surface area contributed by atoms with Crippen molar-refractivity contribution in [2.45, 2.75) is 6.54 Å². The van der Waals surface area contributed by atoms with E-state index in [1.807, 2.05) is 48.5 Å². The highest BCUT2D eigenvalue weighted by atomic mass is 16.5. The van der Waals surface area contributed by atoms with Crippen molar-refractivity contribution in [1.82, 2.24) is 9.97 Å². The van der Waals surface area contributed by atoms with Crippen molar-refractivity contribution in [3.05, 3.63) is 60.4 Å². The molecule has 0 saturated carbocycles. The Kier molecular flexibility index (Phi) is 3.31. The Morgan fingerprint density at radius 3 is 2.70 bits per heavy atom. The quantitative estimate of drug-likeness (QED) is 0.617. The van der Waals surface area contributed by atoms with Gasteiger partial charge in [0.15, 0.2) is 11.4 Å². The SMILES string of the molecule is COc1ccc(CNc2ncnc3c2oc2ccccc23)cc1. The Hall–Kier alpha value is -3.08. The number of rotatable bonds is 4. The Morgan fingerprint density at radius 2 is 1.87 bits per heavy atom. The van der Waals surface area contributed by atoms with Gasteiger partial charge in [0.05, 0.1) is 7.11 Å². The molecule has 2 aromatic carbocycles. The van der Waals surface area contributed by atoms with Crippen LogP contribution in [0.25, 0.3) is 22.1 Å². The van der Waals surface area contributed by atoms with Gasteiger partial charge in [-0.3, -0.25) is 0 Å². The van der Waals surface area contributed by atoms with E-state index in [-0.39, 0.29) is 0 Å². The zero-order valence-corrected chi connectivity index (χ0v) is 12.6. The first kappa shape index (κ1) is 13.6. The van der Waals surface area contributed by atoms with Crippen LogP contribution in [0.15, 0.2) is 59.3 Å². The van der Waals surface area contributed by atoms with Crippen molar-refractivity contribution < 1.29 is 9.15 Å². The lowest BCUT2D eigenvalue weighted by Gasteiger charge is -2.06. The molecule has 0 aliphatic heterocycles. The smallest absolute Gasteiger partial charge is 0.196 e. The van der Waals surface area contributed by atoms with Crippen molar-refractivity contribution in [3.8, 4) is 5.75 Å². The number of benzene rings is 2. The van der Waals surface area contributed by atoms with Gasteiger partial charge >= 0.3 is 0 Å². The van der Waals surface area contributed by atoms with Gasteiger partial charge in [-0.05, 0) is 29.8 Å². The molecule has 0 bridgehead atoms. The van der Waals surface area contributed by atoms with Gasteiger partial charge < -0.3 is 14.5 Å². The predicted molar refractivity (Wildman–Crippen MR) is 89.6 cm³/mol. The second-order valence-corrected chi connectivity index (χ2v) is 5.20. The van der Waals surface area contributed by atoms with Gasteiger partial charge in [-0.2, -0.15) is 0 Å². The second kappa shape index (κ2) is 5.61. The predicted octanol–water partition coefficient (Wildman–Crippen LogP) is 4.00. The van der Waals surface area contributed by atoms with Gasteiger partial charge in [-0.25, -0.2) is 9.97 Å². The third-order valence-electron chi connectivity index (χ3n) is 3.78. The van der Waals surface area contributed by atoms with E-state index in [0.29, 0.717) is 17.9 Å². The van der Waals surface area contributed by atoms with Crippen LogP contribution in [-0.2, 0) is 6.54 Å². The summed E-state index contributed by atoms with van der Waals surface area (Å²) < 4.78 is 11.1. The lowest BCUT2D eigenvalue weighted by atomic mass is 10.2. The maximum atomic E-state index is 5.90. The number of ether oxygens (including phenoxy) is 1. The van der Waals surface area contributed by atoms with E-state index < -0.39 is 0 Å². The number of hydrogen-bond acceptors (Lipinski definition) is 5. The third kappa shape index (κ3) is 2.46. The van der Waals surface area contributed by atoms with Crippen LogP contribution in [0.1, 0.15) is 5.56 Å². The number of aromatic nitrogens is 2. The highest BCUT2D eigenvalue weighted by Gasteiger charge is 2.12. The molecule has 4 rings (SSSR count). The standard InChI is InChI=1S/C18H15N3O2/c1-22-13-8-6-12(7-9-13)10-19-18-17-16(20-11-21-18)14-4-2-3-5-15(14)23-17/h2-9,11H,10H2,1H3,(H,19,20,21). The van der Waals surface area contributed by atoms with Gasteiger partial charge in [0.1, 0.15) is 23.2 Å². The number of nitrogens with zero attached hydrogens (tertiary/aromatic N) is 2. The van der Waals surface area contributed by atoms with E-state index in [1.165, 1.54) is 0 Å². The molecule has 0 saturated heterocycles. The zero-order chi connectivity index (χ0) is 15.6. The molecule has 5 nitrogen and oxygen atoms in total. The van der Waals surface area contributed by atoms with Gasteiger partial charge in [0.25, 0.3) is 0 Å². The molecule has 114 valence electrons. The van der Waals surface area contributed by atoms with Gasteiger partial charge in [0, 0.05) is 11.9 Å². The van der Waals surface area contributed by atoms with Crippen molar-refractivity contribution in [2.24, 2.45) is 0 Å². The molecule has 2 heterocycles. The summed E-state index contributed by atoms with van der Waals surface area (Å²) in [4.78, 5) is 8.66. The van der Waals surface area contributed by atoms with Crippen LogP contribution in [0.2, 0.25) is 0 Å². The van der Waals surface area contributed by atoms with E-state index in [9.17, 15) is 0 Å². The Labute approximate surface area is 132 Å². The molecular weight excluding hydrogens is 290 g/mol. The largest absolute Gasteiger partial charge is 0.497 e. The second-order valence-electron chi connectivity index (χ2n) is 5.20. The fourth-order valence-electron chi connectivity index (χ4n) is 2.58. The summed E-state index contributed by atoms with van der Waals surface area (Å²) in [5, 5.41) is 4.31. The Morgan fingerprint density at radius 1 is 1.04 bits per heavy atom. The fourth-order valence-corrected chi connectivity index (χ4v) is 2.58. The highest BCUT2D eigenvalue weighted by Crippen LogP contribution is 2.30. The summed E-state index contributed by atoms with van der Waals surface area (Å²) in [6, 6.07) is 15.8. The minimum atomic E-state index is 0.646. The zero-order valence-electron chi connectivity index (χ0n) is 12.6. The molecule has 4 aromatic rings. The average molecular weight is 305 g/mol. The van der Waals surface area contributed by atoms with Crippen molar-refractivity contribution in [1.29, 1.82) is 0 Å². The lowest BCUT2D eigenvalue weighted by molar-refractivity contribution is 0.414. The number of para-hydroxylation sites is 1. The van der Waals surface area contributed by atoms with Crippen LogP contribution < -0.4 is 10.1 Å². The van der Waals surface area contributed by atoms with Crippen LogP contribution in [-0.4, -0.2) is 17.1 Å². The first-order chi connectivity index (χ1) is 11.3. The minimum Gasteiger partial charge on any atom is -0.497 e. The number of hydrogen-bond donors (Lipinski definition) is 1. The molecule has 0 spiro atoms. The molecule has 1 N–H and O–H groups in total. The molecular formula is C18H15N3O2. The number of methoxy groups -OCH3 is 1. The average Bonchev–Trinajstić information content (AvgIpc) is 3.00. The van der Waals surface area contributed by atoms with Crippen molar-refractivity contribution in [2.75, 3.05) is 12.4 Å². The van der Waals surface area contributed by atoms with Gasteiger partial charge in [-0.1, -0.05) is 24.3 Å². The van der Waals surface area contributed by atoms with Crippen LogP contribution in [0.3, 0.4) is 0 Å². The van der Waals surface area contributed by atoms with Crippen molar-refractivity contribution >= 4 is 27.9 Å². The number of anilines is 1. The summed E-state index contributed by atoms with van der Waals surface area (Å²) >= 11 is 0. The number of nitrogens with one attached hydrogen (secondary N) is 1. The van der Waals surface area contributed by atoms with Gasteiger partial charge in [0.2, 0.25) is 0 Å². The van der Waals surface area contributed by atoms with Crippen LogP contribution in [0.4, 0.5) is 5.82 Å². The van der Waals surface area contributed by atoms with Crippen LogP contribution in [0.5, 0.6) is 5.75 Å². The summed E-state index contributed by atoms with van der Waals surface area (Å²) in [5.74, 6) is 1.54. The Balaban J connectivity index is 1.65. The minimum absolute atomic E-state index is 0.646. The summed E-state index contributed by atoms with van der Waals surface area (Å²) in [6.45, 7) is 0.646. The normalized spacial score (nSPS) is 11.0. The molecule has 0 radical (unpaired) electrons. The number of furan rings is 1. The van der Waals surface area contributed by atoms with E-state index >= 15 is 0 Å².